The zero-order chi connectivity index (χ0) is 17.6. The van der Waals surface area contributed by atoms with E-state index in [-0.39, 0.29) is 4.90 Å². The van der Waals surface area contributed by atoms with Gasteiger partial charge in [0.1, 0.15) is 6.61 Å². The molecular formula is C17H20N2O4S. The van der Waals surface area contributed by atoms with Gasteiger partial charge in [-0.2, -0.15) is 0 Å². The maximum atomic E-state index is 12.4. The van der Waals surface area contributed by atoms with Gasteiger partial charge in [0.05, 0.1) is 10.6 Å². The number of rotatable bonds is 7. The van der Waals surface area contributed by atoms with Crippen molar-refractivity contribution in [2.75, 3.05) is 16.6 Å². The fourth-order valence-corrected chi connectivity index (χ4v) is 3.25. The first-order valence-electron chi connectivity index (χ1n) is 7.57. The van der Waals surface area contributed by atoms with Crippen LogP contribution in [0.3, 0.4) is 0 Å². The normalized spacial score (nSPS) is 11.1. The molecule has 0 aliphatic rings. The van der Waals surface area contributed by atoms with Gasteiger partial charge in [-0.15, -0.1) is 0 Å². The number of nitrogens with one attached hydrogen (secondary N) is 2. The summed E-state index contributed by atoms with van der Waals surface area (Å²) in [5.74, 6) is -0.568. The van der Waals surface area contributed by atoms with Crippen molar-refractivity contribution in [1.29, 1.82) is 0 Å². The second-order valence-electron chi connectivity index (χ2n) is 5.29. The molecule has 6 nitrogen and oxygen atoms in total. The van der Waals surface area contributed by atoms with Crippen molar-refractivity contribution in [1.82, 2.24) is 0 Å². The number of amides is 1. The molecule has 2 aromatic rings. The van der Waals surface area contributed by atoms with Gasteiger partial charge in [0, 0.05) is 5.69 Å². The third kappa shape index (κ3) is 4.81. The molecule has 0 spiro atoms. The highest BCUT2D eigenvalue weighted by Gasteiger charge is 2.14. The summed E-state index contributed by atoms with van der Waals surface area (Å²) in [6.07, 6.45) is 1.90. The minimum absolute atomic E-state index is 0.173. The van der Waals surface area contributed by atoms with Gasteiger partial charge in [0.25, 0.3) is 10.0 Å². The predicted molar refractivity (Wildman–Crippen MR) is 93.4 cm³/mol. The molecule has 0 unspecified atom stereocenters. The maximum Gasteiger partial charge on any atom is 0.261 e. The minimum Gasteiger partial charge on any atom is -0.387 e. The second kappa shape index (κ2) is 7.94. The number of aliphatic hydroxyl groups excluding tert-OH is 1. The molecule has 128 valence electrons. The summed E-state index contributed by atoms with van der Waals surface area (Å²) < 4.78 is 27.3. The zero-order valence-corrected chi connectivity index (χ0v) is 14.1. The number of sulfonamides is 1. The highest BCUT2D eigenvalue weighted by atomic mass is 32.2. The molecule has 0 heterocycles. The lowest BCUT2D eigenvalue weighted by molar-refractivity contribution is -0.118. The number of aryl methyl sites for hydroxylation is 1. The number of hydrogen-bond donors (Lipinski definition) is 3. The Morgan fingerprint density at radius 1 is 1.08 bits per heavy atom. The third-order valence-electron chi connectivity index (χ3n) is 3.31. The molecule has 0 aromatic heterocycles. The predicted octanol–water partition coefficient (Wildman–Crippen LogP) is 2.37. The summed E-state index contributed by atoms with van der Waals surface area (Å²) in [7, 11) is -3.71. The van der Waals surface area contributed by atoms with Gasteiger partial charge < -0.3 is 10.4 Å². The summed E-state index contributed by atoms with van der Waals surface area (Å²) in [5.41, 5.74) is 1.81. The Bertz CT molecular complexity index is 802. The molecule has 0 fully saturated rings. The highest BCUT2D eigenvalue weighted by Crippen LogP contribution is 2.20. The topological polar surface area (TPSA) is 95.5 Å². The molecule has 3 N–H and O–H groups in total. The Hall–Kier alpha value is -2.38. The third-order valence-corrected chi connectivity index (χ3v) is 4.71. The van der Waals surface area contributed by atoms with Crippen LogP contribution in [0.25, 0.3) is 0 Å². The quantitative estimate of drug-likeness (QED) is 0.716. The van der Waals surface area contributed by atoms with Gasteiger partial charge >= 0.3 is 0 Å². The van der Waals surface area contributed by atoms with Crippen LogP contribution < -0.4 is 10.0 Å². The fraction of sp³-hybridized carbons (Fsp3) is 0.235. The van der Waals surface area contributed by atoms with Gasteiger partial charge in [-0.25, -0.2) is 8.42 Å². The molecule has 24 heavy (non-hydrogen) atoms. The Morgan fingerprint density at radius 2 is 1.75 bits per heavy atom. The van der Waals surface area contributed by atoms with E-state index in [1.165, 1.54) is 6.07 Å². The summed E-state index contributed by atoms with van der Waals surface area (Å²) in [6.45, 7) is 1.43. The van der Waals surface area contributed by atoms with Crippen molar-refractivity contribution in [3.8, 4) is 0 Å². The molecule has 0 atom stereocenters. The van der Waals surface area contributed by atoms with E-state index in [0.29, 0.717) is 11.4 Å². The van der Waals surface area contributed by atoms with Crippen molar-refractivity contribution in [2.45, 2.75) is 24.7 Å². The smallest absolute Gasteiger partial charge is 0.261 e. The van der Waals surface area contributed by atoms with Crippen molar-refractivity contribution < 1.29 is 18.3 Å². The van der Waals surface area contributed by atoms with Crippen LogP contribution in [-0.2, 0) is 21.2 Å². The van der Waals surface area contributed by atoms with E-state index in [0.717, 1.165) is 18.4 Å². The number of benzene rings is 2. The lowest BCUT2D eigenvalue weighted by atomic mass is 10.1. The van der Waals surface area contributed by atoms with Crippen LogP contribution in [0.4, 0.5) is 11.4 Å². The fourth-order valence-electron chi connectivity index (χ4n) is 2.20. The molecule has 0 aliphatic carbocycles. The van der Waals surface area contributed by atoms with E-state index in [1.807, 2.05) is 0 Å². The Morgan fingerprint density at radius 3 is 2.38 bits per heavy atom. The Balaban J connectivity index is 2.16. The monoisotopic (exact) mass is 348 g/mol. The van der Waals surface area contributed by atoms with Gasteiger partial charge in [0.2, 0.25) is 5.91 Å². The number of anilines is 2. The van der Waals surface area contributed by atoms with Crippen LogP contribution in [0.5, 0.6) is 0 Å². The van der Waals surface area contributed by atoms with Crippen LogP contribution in [0.1, 0.15) is 18.9 Å². The summed E-state index contributed by atoms with van der Waals surface area (Å²) in [4.78, 5) is 11.4. The standard InChI is InChI=1S/C17H20N2O4S/c1-2-4-13-7-9-16(10-8-13)24(22,23)19-15-6-3-5-14(11-15)18-17(21)12-20/h3,5-11,19-20H,2,4,12H2,1H3,(H,18,21). The summed E-state index contributed by atoms with van der Waals surface area (Å²) >= 11 is 0. The van der Waals surface area contributed by atoms with Gasteiger partial charge in [-0.3, -0.25) is 9.52 Å². The van der Waals surface area contributed by atoms with E-state index < -0.39 is 22.5 Å². The first-order valence-corrected chi connectivity index (χ1v) is 9.05. The van der Waals surface area contributed by atoms with Crippen molar-refractivity contribution >= 4 is 27.3 Å². The lowest BCUT2D eigenvalue weighted by Crippen LogP contribution is -2.16. The van der Waals surface area contributed by atoms with E-state index in [2.05, 4.69) is 17.0 Å². The van der Waals surface area contributed by atoms with E-state index in [9.17, 15) is 13.2 Å². The van der Waals surface area contributed by atoms with Crippen molar-refractivity contribution in [3.05, 3.63) is 54.1 Å². The Labute approximate surface area is 141 Å². The highest BCUT2D eigenvalue weighted by molar-refractivity contribution is 7.92. The van der Waals surface area contributed by atoms with Crippen LogP contribution in [0.2, 0.25) is 0 Å². The van der Waals surface area contributed by atoms with Crippen molar-refractivity contribution in [2.24, 2.45) is 0 Å². The van der Waals surface area contributed by atoms with Crippen molar-refractivity contribution in [3.63, 3.8) is 0 Å². The van der Waals surface area contributed by atoms with Crippen LogP contribution in [0.15, 0.2) is 53.4 Å². The first-order chi connectivity index (χ1) is 11.4. The minimum atomic E-state index is -3.71. The molecule has 0 radical (unpaired) electrons. The van der Waals surface area contributed by atoms with Crippen LogP contribution in [-0.4, -0.2) is 26.0 Å². The summed E-state index contributed by atoms with van der Waals surface area (Å²) in [5, 5.41) is 11.2. The molecule has 0 bridgehead atoms. The number of hydrogen-bond acceptors (Lipinski definition) is 4. The van der Waals surface area contributed by atoms with Gasteiger partial charge in [0.15, 0.2) is 0 Å². The largest absolute Gasteiger partial charge is 0.387 e. The molecule has 0 saturated heterocycles. The molecule has 2 aromatic carbocycles. The molecular weight excluding hydrogens is 328 g/mol. The van der Waals surface area contributed by atoms with E-state index in [1.54, 1.807) is 42.5 Å². The molecule has 0 aliphatic heterocycles. The Kier molecular flexibility index (Phi) is 5.94. The average molecular weight is 348 g/mol. The number of carbonyl (C=O) groups excluding carboxylic acids is 1. The SMILES string of the molecule is CCCc1ccc(S(=O)(=O)Nc2cccc(NC(=O)CO)c2)cc1. The zero-order valence-electron chi connectivity index (χ0n) is 13.3. The van der Waals surface area contributed by atoms with E-state index in [4.69, 9.17) is 5.11 Å². The molecule has 2 rings (SSSR count). The average Bonchev–Trinajstić information content (AvgIpc) is 2.55. The van der Waals surface area contributed by atoms with Gasteiger partial charge in [-0.05, 0) is 42.3 Å². The van der Waals surface area contributed by atoms with E-state index >= 15 is 0 Å². The number of aliphatic hydroxyl groups is 1. The summed E-state index contributed by atoms with van der Waals surface area (Å²) in [6, 6.07) is 13.0. The van der Waals surface area contributed by atoms with Crippen LogP contribution >= 0.6 is 0 Å². The molecule has 7 heteroatoms. The maximum absolute atomic E-state index is 12.4. The van der Waals surface area contributed by atoms with Crippen LogP contribution in [0, 0.1) is 0 Å². The lowest BCUT2D eigenvalue weighted by Gasteiger charge is -2.10. The molecule has 1 amide bonds. The first kappa shape index (κ1) is 18.0. The van der Waals surface area contributed by atoms with Gasteiger partial charge in [-0.1, -0.05) is 31.5 Å². The number of carbonyl (C=O) groups is 1. The molecule has 0 saturated carbocycles. The second-order valence-corrected chi connectivity index (χ2v) is 6.97.